The number of nitrogens with zero attached hydrogens (tertiary/aromatic N) is 4. The summed E-state index contributed by atoms with van der Waals surface area (Å²) in [5.74, 6) is 0.00509. The highest BCUT2D eigenvalue weighted by Gasteiger charge is 2.26. The third kappa shape index (κ3) is 4.40. The molecule has 0 fully saturated rings. The molecule has 0 unspecified atom stereocenters. The molecule has 3 aromatic heterocycles. The number of aromatic nitrogens is 4. The number of aromatic amines is 1. The van der Waals surface area contributed by atoms with Crippen molar-refractivity contribution < 1.29 is 4.79 Å². The summed E-state index contributed by atoms with van der Waals surface area (Å²) in [5.41, 5.74) is 3.49. The standard InChI is InChI=1S/C23H25N5O/c1-22(2,3)10-15(11-24)17-9-14(7-8-25-17)18-13-27-21-19(28-18)16(12-26-21)20(29)23(4,5)6/h7-10,12-13H,1-6H3,(H,26,27)/b15-10-. The Hall–Kier alpha value is -3.33. The van der Waals surface area contributed by atoms with E-state index in [2.05, 4.69) is 21.0 Å². The van der Waals surface area contributed by atoms with E-state index >= 15 is 0 Å². The molecule has 0 saturated heterocycles. The van der Waals surface area contributed by atoms with Crippen molar-refractivity contribution in [1.82, 2.24) is 19.9 Å². The molecule has 3 rings (SSSR count). The van der Waals surface area contributed by atoms with Crippen LogP contribution in [-0.2, 0) is 0 Å². The third-order valence-corrected chi connectivity index (χ3v) is 4.34. The summed E-state index contributed by atoms with van der Waals surface area (Å²) in [5, 5.41) is 9.56. The Labute approximate surface area is 170 Å². The predicted molar refractivity (Wildman–Crippen MR) is 114 cm³/mol. The fourth-order valence-electron chi connectivity index (χ4n) is 2.94. The molecule has 0 amide bonds. The second-order valence-corrected chi connectivity index (χ2v) is 9.20. The fraction of sp³-hybridized carbons (Fsp3) is 0.348. The van der Waals surface area contributed by atoms with Gasteiger partial charge in [-0.15, -0.1) is 0 Å². The number of Topliss-reactive ketones (excluding diaryl/α,β-unsaturated/α-hetero) is 1. The van der Waals surface area contributed by atoms with Crippen molar-refractivity contribution in [3.8, 4) is 17.3 Å². The molecule has 0 spiro atoms. The number of carbonyl (C=O) groups excluding carboxylic acids is 1. The summed E-state index contributed by atoms with van der Waals surface area (Å²) in [7, 11) is 0. The maximum atomic E-state index is 12.8. The zero-order valence-electron chi connectivity index (χ0n) is 17.7. The van der Waals surface area contributed by atoms with E-state index in [0.29, 0.717) is 33.7 Å². The van der Waals surface area contributed by atoms with Crippen LogP contribution in [-0.4, -0.2) is 25.7 Å². The lowest BCUT2D eigenvalue weighted by molar-refractivity contribution is 0.0860. The average Bonchev–Trinajstić information content (AvgIpc) is 3.07. The number of hydrogen-bond donors (Lipinski definition) is 1. The summed E-state index contributed by atoms with van der Waals surface area (Å²) in [6, 6.07) is 5.88. The van der Waals surface area contributed by atoms with Crippen LogP contribution in [0.15, 0.2) is 36.8 Å². The molecule has 0 saturated carbocycles. The van der Waals surface area contributed by atoms with Crippen LogP contribution in [0.2, 0.25) is 0 Å². The van der Waals surface area contributed by atoms with Crippen LogP contribution in [0.5, 0.6) is 0 Å². The number of H-pyrrole nitrogens is 1. The minimum Gasteiger partial charge on any atom is -0.344 e. The van der Waals surface area contributed by atoms with E-state index in [-0.39, 0.29) is 11.2 Å². The van der Waals surface area contributed by atoms with Crippen LogP contribution >= 0.6 is 0 Å². The van der Waals surface area contributed by atoms with Gasteiger partial charge in [0.05, 0.1) is 28.7 Å². The van der Waals surface area contributed by atoms with E-state index in [1.165, 1.54) is 0 Å². The van der Waals surface area contributed by atoms with Crippen LogP contribution in [0.1, 0.15) is 57.6 Å². The van der Waals surface area contributed by atoms with Crippen molar-refractivity contribution in [3.63, 3.8) is 0 Å². The van der Waals surface area contributed by atoms with Gasteiger partial charge in [-0.1, -0.05) is 47.6 Å². The molecule has 0 bridgehead atoms. The Bertz CT molecular complexity index is 1150. The van der Waals surface area contributed by atoms with E-state index in [1.54, 1.807) is 18.6 Å². The number of ketones is 1. The van der Waals surface area contributed by atoms with E-state index in [0.717, 1.165) is 5.56 Å². The zero-order valence-corrected chi connectivity index (χ0v) is 17.7. The van der Waals surface area contributed by atoms with Gasteiger partial charge in [0, 0.05) is 23.4 Å². The normalized spacial score (nSPS) is 12.8. The van der Waals surface area contributed by atoms with Gasteiger partial charge >= 0.3 is 0 Å². The number of pyridine rings is 1. The Morgan fingerprint density at radius 3 is 2.52 bits per heavy atom. The van der Waals surface area contributed by atoms with Gasteiger partial charge in [0.2, 0.25) is 0 Å². The predicted octanol–water partition coefficient (Wildman–Crippen LogP) is 5.20. The molecule has 0 atom stereocenters. The van der Waals surface area contributed by atoms with Crippen LogP contribution in [0, 0.1) is 22.2 Å². The number of nitrogens with one attached hydrogen (secondary N) is 1. The summed E-state index contributed by atoms with van der Waals surface area (Å²) in [6.07, 6.45) is 6.88. The second-order valence-electron chi connectivity index (χ2n) is 9.20. The molecule has 6 nitrogen and oxygen atoms in total. The molecule has 148 valence electrons. The first-order chi connectivity index (χ1) is 13.5. The number of allylic oxidation sites excluding steroid dienone is 2. The monoisotopic (exact) mass is 387 g/mol. The summed E-state index contributed by atoms with van der Waals surface area (Å²) in [4.78, 5) is 29.3. The van der Waals surface area contributed by atoms with Crippen LogP contribution in [0.3, 0.4) is 0 Å². The molecular weight excluding hydrogens is 362 g/mol. The van der Waals surface area contributed by atoms with Gasteiger partial charge in [-0.2, -0.15) is 5.26 Å². The van der Waals surface area contributed by atoms with Gasteiger partial charge in [0.1, 0.15) is 11.6 Å². The molecule has 0 radical (unpaired) electrons. The number of carbonyl (C=O) groups is 1. The fourth-order valence-corrected chi connectivity index (χ4v) is 2.94. The highest BCUT2D eigenvalue weighted by molar-refractivity contribution is 6.08. The highest BCUT2D eigenvalue weighted by Crippen LogP contribution is 2.28. The molecule has 3 heterocycles. The van der Waals surface area contributed by atoms with Crippen LogP contribution in [0.25, 0.3) is 28.0 Å². The quantitative estimate of drug-likeness (QED) is 0.492. The maximum Gasteiger partial charge on any atom is 0.171 e. The minimum absolute atomic E-state index is 0.00509. The number of rotatable bonds is 3. The van der Waals surface area contributed by atoms with E-state index < -0.39 is 5.41 Å². The average molecular weight is 387 g/mol. The number of hydrogen-bond acceptors (Lipinski definition) is 5. The van der Waals surface area contributed by atoms with Crippen molar-refractivity contribution in [1.29, 1.82) is 5.26 Å². The maximum absolute atomic E-state index is 12.8. The molecule has 0 aromatic carbocycles. The van der Waals surface area contributed by atoms with Crippen molar-refractivity contribution >= 4 is 22.5 Å². The zero-order chi connectivity index (χ0) is 21.4. The molecule has 29 heavy (non-hydrogen) atoms. The summed E-state index contributed by atoms with van der Waals surface area (Å²) in [6.45, 7) is 11.7. The van der Waals surface area contributed by atoms with Gasteiger partial charge in [0.25, 0.3) is 0 Å². The van der Waals surface area contributed by atoms with E-state index in [9.17, 15) is 10.1 Å². The van der Waals surface area contributed by atoms with Gasteiger partial charge in [-0.05, 0) is 17.5 Å². The third-order valence-electron chi connectivity index (χ3n) is 4.34. The Balaban J connectivity index is 2.09. The Morgan fingerprint density at radius 1 is 1.17 bits per heavy atom. The molecular formula is C23H25N5O. The first-order valence-electron chi connectivity index (χ1n) is 9.48. The number of fused-ring (bicyclic) bond motifs is 1. The van der Waals surface area contributed by atoms with Crippen molar-refractivity contribution in [3.05, 3.63) is 48.1 Å². The molecule has 0 aliphatic carbocycles. The topological polar surface area (TPSA) is 95.3 Å². The molecule has 1 N–H and O–H groups in total. The highest BCUT2D eigenvalue weighted by atomic mass is 16.1. The molecule has 0 aliphatic heterocycles. The summed E-state index contributed by atoms with van der Waals surface area (Å²) < 4.78 is 0. The molecule has 3 aromatic rings. The largest absolute Gasteiger partial charge is 0.344 e. The van der Waals surface area contributed by atoms with E-state index in [4.69, 9.17) is 4.98 Å². The molecule has 6 heteroatoms. The number of nitriles is 1. The first-order valence-corrected chi connectivity index (χ1v) is 9.48. The van der Waals surface area contributed by atoms with Crippen LogP contribution < -0.4 is 0 Å². The Kier molecular flexibility index (Phi) is 5.10. The lowest BCUT2D eigenvalue weighted by Gasteiger charge is -2.15. The van der Waals surface area contributed by atoms with Gasteiger partial charge in [-0.3, -0.25) is 9.78 Å². The smallest absolute Gasteiger partial charge is 0.171 e. The lowest BCUT2D eigenvalue weighted by Crippen LogP contribution is -2.20. The van der Waals surface area contributed by atoms with Crippen molar-refractivity contribution in [2.24, 2.45) is 10.8 Å². The van der Waals surface area contributed by atoms with E-state index in [1.807, 2.05) is 59.8 Å². The van der Waals surface area contributed by atoms with Gasteiger partial charge in [-0.25, -0.2) is 9.97 Å². The second kappa shape index (κ2) is 7.25. The first kappa shape index (κ1) is 20.4. The lowest BCUT2D eigenvalue weighted by atomic mass is 9.87. The minimum atomic E-state index is -0.518. The SMILES string of the molecule is CC(C)(C)/C=C(/C#N)c1cc(-c2cnc3[nH]cc(C(=O)C(C)(C)C)c3n2)ccn1. The van der Waals surface area contributed by atoms with Crippen molar-refractivity contribution in [2.45, 2.75) is 41.5 Å². The Morgan fingerprint density at radius 2 is 1.90 bits per heavy atom. The molecule has 0 aliphatic rings. The van der Waals surface area contributed by atoms with Gasteiger partial charge in [0.15, 0.2) is 11.4 Å². The van der Waals surface area contributed by atoms with Crippen LogP contribution in [0.4, 0.5) is 0 Å². The van der Waals surface area contributed by atoms with Gasteiger partial charge < -0.3 is 4.98 Å². The summed E-state index contributed by atoms with van der Waals surface area (Å²) >= 11 is 0. The van der Waals surface area contributed by atoms with Crippen molar-refractivity contribution in [2.75, 3.05) is 0 Å².